The molecule has 166 valence electrons. The Balaban J connectivity index is 1.53. The molecule has 2 aromatic carbocycles. The summed E-state index contributed by atoms with van der Waals surface area (Å²) in [5, 5.41) is 4.74. The lowest BCUT2D eigenvalue weighted by Gasteiger charge is -2.26. The summed E-state index contributed by atoms with van der Waals surface area (Å²) >= 11 is 7.29. The molecule has 2 atom stereocenters. The van der Waals surface area contributed by atoms with Crippen LogP contribution in [0.2, 0.25) is 0 Å². The van der Waals surface area contributed by atoms with Crippen molar-refractivity contribution in [1.29, 1.82) is 0 Å². The van der Waals surface area contributed by atoms with Gasteiger partial charge in [0.1, 0.15) is 17.6 Å². The van der Waals surface area contributed by atoms with E-state index in [1.54, 1.807) is 30.9 Å². The largest absolute Gasteiger partial charge is 0.452 e. The number of furan rings is 1. The van der Waals surface area contributed by atoms with E-state index in [4.69, 9.17) is 16.6 Å². The first kappa shape index (κ1) is 21.7. The third kappa shape index (κ3) is 4.38. The number of benzene rings is 2. The number of aryl methyl sites for hydroxylation is 2. The van der Waals surface area contributed by atoms with Crippen LogP contribution in [0, 0.1) is 19.7 Å². The van der Waals surface area contributed by atoms with E-state index in [2.05, 4.69) is 41.5 Å². The Morgan fingerprint density at radius 3 is 2.58 bits per heavy atom. The van der Waals surface area contributed by atoms with Crippen LogP contribution in [0.15, 0.2) is 93.4 Å². The molecule has 0 spiro atoms. The van der Waals surface area contributed by atoms with Gasteiger partial charge in [0.15, 0.2) is 10.2 Å². The van der Waals surface area contributed by atoms with E-state index < -0.39 is 0 Å². The quantitative estimate of drug-likeness (QED) is 0.322. The van der Waals surface area contributed by atoms with Crippen LogP contribution in [0.3, 0.4) is 0 Å². The van der Waals surface area contributed by atoms with Gasteiger partial charge in [0.2, 0.25) is 0 Å². The molecule has 33 heavy (non-hydrogen) atoms. The molecule has 4 aromatic rings. The van der Waals surface area contributed by atoms with Gasteiger partial charge < -0.3 is 14.6 Å². The molecule has 0 unspecified atom stereocenters. The fourth-order valence-electron chi connectivity index (χ4n) is 3.97. The fourth-order valence-corrected chi connectivity index (χ4v) is 5.10. The predicted molar refractivity (Wildman–Crippen MR) is 133 cm³/mol. The molecule has 0 saturated carbocycles. The molecule has 3 heterocycles. The summed E-state index contributed by atoms with van der Waals surface area (Å²) in [5.74, 6) is 0.513. The molecule has 7 heteroatoms. The number of aromatic nitrogens is 1. The Bertz CT molecular complexity index is 1290. The summed E-state index contributed by atoms with van der Waals surface area (Å²) < 4.78 is 20.3. The molecule has 0 bridgehead atoms. The summed E-state index contributed by atoms with van der Waals surface area (Å²) in [7, 11) is 0. The van der Waals surface area contributed by atoms with E-state index in [1.807, 2.05) is 41.3 Å². The second kappa shape index (κ2) is 9.00. The summed E-state index contributed by atoms with van der Waals surface area (Å²) in [6.07, 6.45) is 1.77. The second-order valence-corrected chi connectivity index (χ2v) is 9.47. The van der Waals surface area contributed by atoms with Crippen molar-refractivity contribution in [3.63, 3.8) is 0 Å². The monoisotopic (exact) mass is 475 g/mol. The van der Waals surface area contributed by atoms with Crippen molar-refractivity contribution in [1.82, 2.24) is 10.3 Å². The van der Waals surface area contributed by atoms with Gasteiger partial charge in [-0.15, -0.1) is 0 Å². The van der Waals surface area contributed by atoms with Crippen LogP contribution in [-0.2, 0) is 0 Å². The van der Waals surface area contributed by atoms with E-state index in [9.17, 15) is 4.39 Å². The molecule has 1 aliphatic heterocycles. The van der Waals surface area contributed by atoms with Gasteiger partial charge in [-0.1, -0.05) is 35.5 Å². The molecule has 1 saturated heterocycles. The minimum absolute atomic E-state index is 0.215. The summed E-state index contributed by atoms with van der Waals surface area (Å²) in [6.45, 7) is 3.82. The van der Waals surface area contributed by atoms with Crippen LogP contribution in [0.25, 0.3) is 0 Å². The number of pyridine rings is 1. The normalized spacial score (nSPS) is 17.9. The van der Waals surface area contributed by atoms with Crippen molar-refractivity contribution in [2.24, 2.45) is 0 Å². The van der Waals surface area contributed by atoms with Crippen LogP contribution >= 0.6 is 24.0 Å². The summed E-state index contributed by atoms with van der Waals surface area (Å²) in [5.41, 5.74) is 3.44. The van der Waals surface area contributed by atoms with E-state index in [-0.39, 0.29) is 17.9 Å². The Morgan fingerprint density at radius 1 is 1.03 bits per heavy atom. The van der Waals surface area contributed by atoms with Crippen LogP contribution < -0.4 is 10.2 Å². The zero-order valence-corrected chi connectivity index (χ0v) is 19.8. The third-order valence-electron chi connectivity index (χ3n) is 5.65. The molecule has 4 nitrogen and oxygen atoms in total. The molecule has 1 aliphatic rings. The number of halogens is 1. The minimum atomic E-state index is -0.273. The Hall–Kier alpha value is -3.16. The van der Waals surface area contributed by atoms with Gasteiger partial charge in [0, 0.05) is 16.8 Å². The maximum absolute atomic E-state index is 14.0. The maximum Gasteiger partial charge on any atom is 0.174 e. The lowest BCUT2D eigenvalue weighted by atomic mass is 10.0. The van der Waals surface area contributed by atoms with Gasteiger partial charge >= 0.3 is 0 Å². The number of nitrogens with one attached hydrogen (secondary N) is 1. The van der Waals surface area contributed by atoms with E-state index in [0.29, 0.717) is 10.7 Å². The lowest BCUT2D eigenvalue weighted by Crippen LogP contribution is -2.29. The molecule has 0 amide bonds. The standard InChI is InChI=1S/C26H22FN3OS2/c1-16-6-9-19(10-7-16)33-23-13-12-22(31-23)25-24(21-5-3-4-14-28-21)29-26(32)30(25)18-8-11-20(27)17(2)15-18/h3-15,24-25H,1-2H3,(H,29,32)/t24-,25-/m1/s1. The van der Waals surface area contributed by atoms with Gasteiger partial charge in [-0.05, 0) is 86.2 Å². The highest BCUT2D eigenvalue weighted by atomic mass is 32.2. The smallest absolute Gasteiger partial charge is 0.174 e. The fraction of sp³-hybridized carbons (Fsp3) is 0.154. The van der Waals surface area contributed by atoms with Gasteiger partial charge in [0.25, 0.3) is 0 Å². The average Bonchev–Trinajstić information content (AvgIpc) is 3.42. The van der Waals surface area contributed by atoms with Crippen molar-refractivity contribution in [3.05, 3.63) is 107 Å². The number of thiocarbonyl (C=S) groups is 1. The zero-order valence-electron chi connectivity index (χ0n) is 18.2. The number of hydrogen-bond donors (Lipinski definition) is 1. The maximum atomic E-state index is 14.0. The van der Waals surface area contributed by atoms with Crippen LogP contribution in [0.1, 0.15) is 34.7 Å². The second-order valence-electron chi connectivity index (χ2n) is 8.00. The molecular formula is C26H22FN3OS2. The highest BCUT2D eigenvalue weighted by Gasteiger charge is 2.42. The van der Waals surface area contributed by atoms with Crippen LogP contribution in [0.5, 0.6) is 0 Å². The average molecular weight is 476 g/mol. The van der Waals surface area contributed by atoms with Crippen LogP contribution in [0.4, 0.5) is 10.1 Å². The van der Waals surface area contributed by atoms with Crippen LogP contribution in [-0.4, -0.2) is 10.1 Å². The van der Waals surface area contributed by atoms with Crippen molar-refractivity contribution in [2.75, 3.05) is 4.90 Å². The zero-order chi connectivity index (χ0) is 22.9. The summed E-state index contributed by atoms with van der Waals surface area (Å²) in [4.78, 5) is 7.65. The minimum Gasteiger partial charge on any atom is -0.452 e. The number of rotatable bonds is 5. The Labute approximate surface area is 201 Å². The van der Waals surface area contributed by atoms with E-state index in [0.717, 1.165) is 27.1 Å². The van der Waals surface area contributed by atoms with Gasteiger partial charge in [-0.25, -0.2) is 4.39 Å². The SMILES string of the molecule is Cc1ccc(Sc2ccc([C@@H]3[C@@H](c4ccccn4)NC(=S)N3c3ccc(F)c(C)c3)o2)cc1. The molecule has 1 fully saturated rings. The highest BCUT2D eigenvalue weighted by molar-refractivity contribution is 7.99. The Morgan fingerprint density at radius 2 is 1.85 bits per heavy atom. The van der Waals surface area contributed by atoms with E-state index in [1.165, 1.54) is 11.6 Å². The predicted octanol–water partition coefficient (Wildman–Crippen LogP) is 6.76. The highest BCUT2D eigenvalue weighted by Crippen LogP contribution is 2.43. The number of nitrogens with zero attached hydrogens (tertiary/aromatic N) is 2. The first-order valence-corrected chi connectivity index (χ1v) is 11.8. The lowest BCUT2D eigenvalue weighted by molar-refractivity contribution is 0.383. The van der Waals surface area contributed by atoms with Gasteiger partial charge in [-0.3, -0.25) is 4.98 Å². The van der Waals surface area contributed by atoms with Crippen molar-refractivity contribution >= 4 is 34.8 Å². The topological polar surface area (TPSA) is 41.3 Å². The molecular weight excluding hydrogens is 453 g/mol. The van der Waals surface area contributed by atoms with Crippen molar-refractivity contribution < 1.29 is 8.81 Å². The number of anilines is 1. The molecule has 0 radical (unpaired) electrons. The Kier molecular flexibility index (Phi) is 5.91. The number of hydrogen-bond acceptors (Lipinski definition) is 4. The van der Waals surface area contributed by atoms with Crippen molar-refractivity contribution in [2.45, 2.75) is 35.9 Å². The van der Waals surface area contributed by atoms with E-state index >= 15 is 0 Å². The van der Waals surface area contributed by atoms with Crippen molar-refractivity contribution in [3.8, 4) is 0 Å². The van der Waals surface area contributed by atoms with Gasteiger partial charge in [-0.2, -0.15) is 0 Å². The third-order valence-corrected chi connectivity index (χ3v) is 6.89. The molecule has 0 aliphatic carbocycles. The van der Waals surface area contributed by atoms with Gasteiger partial charge in [0.05, 0.1) is 11.7 Å². The first-order valence-electron chi connectivity index (χ1n) is 10.6. The summed E-state index contributed by atoms with van der Waals surface area (Å²) in [6, 6.07) is 22.6. The molecule has 5 rings (SSSR count). The molecule has 2 aromatic heterocycles. The molecule has 1 N–H and O–H groups in total. The first-order chi connectivity index (χ1) is 16.0.